The van der Waals surface area contributed by atoms with Gasteiger partial charge in [-0.1, -0.05) is 42.5 Å². The number of aliphatic imine (C=N–C) groups is 1. The first-order valence-electron chi connectivity index (χ1n) is 12.5. The molecule has 3 rings (SSSR count). The minimum Gasteiger partial charge on any atom is -0.468 e. The molecule has 0 radical (unpaired) electrons. The van der Waals surface area contributed by atoms with Gasteiger partial charge in [0.05, 0.1) is 12.0 Å². The molecule has 2 aromatic rings. The van der Waals surface area contributed by atoms with E-state index in [1.54, 1.807) is 40.7 Å². The highest BCUT2D eigenvalue weighted by molar-refractivity contribution is 6.08. The number of rotatable bonds is 8. The van der Waals surface area contributed by atoms with Crippen molar-refractivity contribution >= 4 is 29.2 Å². The minimum absolute atomic E-state index is 0.109. The monoisotopic (exact) mass is 535 g/mol. The summed E-state index contributed by atoms with van der Waals surface area (Å²) in [6.45, 7) is 8.46. The van der Waals surface area contributed by atoms with Crippen LogP contribution < -0.4 is 5.32 Å². The van der Waals surface area contributed by atoms with E-state index in [1.807, 2.05) is 30.3 Å². The largest absolute Gasteiger partial charge is 0.468 e. The molecule has 1 amide bonds. The normalized spacial score (nSPS) is 18.1. The summed E-state index contributed by atoms with van der Waals surface area (Å²) < 4.78 is 10.6. The molecule has 2 aromatic carbocycles. The first kappa shape index (κ1) is 29.2. The predicted molar refractivity (Wildman–Crippen MR) is 145 cm³/mol. The molecule has 0 fully saturated rings. The van der Waals surface area contributed by atoms with Crippen molar-refractivity contribution in [3.05, 3.63) is 87.1 Å². The van der Waals surface area contributed by atoms with Crippen LogP contribution in [0.2, 0.25) is 0 Å². The molecule has 0 saturated heterocycles. The molecule has 1 N–H and O–H groups in total. The molecule has 1 unspecified atom stereocenters. The lowest BCUT2D eigenvalue weighted by Gasteiger charge is -2.32. The number of methoxy groups -OCH3 is 1. The number of nitrogens with zero attached hydrogens (tertiary/aromatic N) is 2. The minimum atomic E-state index is -1.05. The van der Waals surface area contributed by atoms with Crippen molar-refractivity contribution < 1.29 is 28.8 Å². The fraction of sp³-hybridized carbons (Fsp3) is 0.379. The maximum absolute atomic E-state index is 13.9. The third-order valence-electron chi connectivity index (χ3n) is 6.25. The Kier molecular flexibility index (Phi) is 9.00. The quantitative estimate of drug-likeness (QED) is 0.302. The molecule has 0 aliphatic carbocycles. The van der Waals surface area contributed by atoms with Crippen LogP contribution in [0.4, 0.5) is 5.69 Å². The average Bonchev–Trinajstić information content (AvgIpc) is 2.87. The molecule has 0 aromatic heterocycles. The Hall–Kier alpha value is -4.34. The maximum atomic E-state index is 13.9. The van der Waals surface area contributed by atoms with Gasteiger partial charge in [-0.15, -0.1) is 0 Å². The van der Waals surface area contributed by atoms with Crippen molar-refractivity contribution in [1.29, 1.82) is 0 Å². The van der Waals surface area contributed by atoms with Crippen molar-refractivity contribution in [3.63, 3.8) is 0 Å². The van der Waals surface area contributed by atoms with Crippen LogP contribution in [0.15, 0.2) is 70.9 Å². The molecule has 10 nitrogen and oxygen atoms in total. The molecule has 1 aliphatic rings. The van der Waals surface area contributed by atoms with Crippen LogP contribution in [0.5, 0.6) is 0 Å². The summed E-state index contributed by atoms with van der Waals surface area (Å²) in [4.78, 5) is 55.4. The highest BCUT2D eigenvalue weighted by Crippen LogP contribution is 2.40. The van der Waals surface area contributed by atoms with Crippen molar-refractivity contribution in [3.8, 4) is 0 Å². The molecule has 206 valence electrons. The van der Waals surface area contributed by atoms with Crippen molar-refractivity contribution in [1.82, 2.24) is 5.32 Å². The third-order valence-corrected chi connectivity index (χ3v) is 6.25. The van der Waals surface area contributed by atoms with E-state index in [1.165, 1.54) is 25.3 Å². The van der Waals surface area contributed by atoms with Gasteiger partial charge in [0.25, 0.3) is 5.69 Å². The van der Waals surface area contributed by atoms with Crippen LogP contribution in [-0.2, 0) is 30.3 Å². The number of hydrogen-bond donors (Lipinski definition) is 1. The zero-order valence-electron chi connectivity index (χ0n) is 22.9. The van der Waals surface area contributed by atoms with Crippen molar-refractivity contribution in [2.45, 2.75) is 58.6 Å². The Balaban J connectivity index is 2.08. The number of carbonyl (C=O) groups excluding carboxylic acids is 3. The van der Waals surface area contributed by atoms with E-state index >= 15 is 0 Å². The molecule has 1 aliphatic heterocycles. The van der Waals surface area contributed by atoms with E-state index in [-0.39, 0.29) is 17.7 Å². The first-order chi connectivity index (χ1) is 18.3. The van der Waals surface area contributed by atoms with E-state index in [0.717, 1.165) is 5.56 Å². The molecule has 0 bridgehead atoms. The van der Waals surface area contributed by atoms with E-state index in [0.29, 0.717) is 17.0 Å². The Morgan fingerprint density at radius 1 is 1.08 bits per heavy atom. The van der Waals surface area contributed by atoms with Gasteiger partial charge >= 0.3 is 11.9 Å². The maximum Gasteiger partial charge on any atom is 0.329 e. The Bertz CT molecular complexity index is 1330. The first-order valence-corrected chi connectivity index (χ1v) is 12.5. The number of non-ortho nitro benzene ring substituents is 1. The number of amides is 1. The van der Waals surface area contributed by atoms with Gasteiger partial charge in [-0.25, -0.2) is 4.79 Å². The van der Waals surface area contributed by atoms with Gasteiger partial charge in [-0.3, -0.25) is 24.7 Å². The van der Waals surface area contributed by atoms with Crippen LogP contribution in [0.1, 0.15) is 51.7 Å². The van der Waals surface area contributed by atoms with E-state index in [2.05, 4.69) is 10.3 Å². The van der Waals surface area contributed by atoms with Gasteiger partial charge in [0.2, 0.25) is 5.91 Å². The number of carbonyl (C=O) groups is 3. The fourth-order valence-electron chi connectivity index (χ4n) is 4.61. The number of benzene rings is 2. The highest BCUT2D eigenvalue weighted by atomic mass is 16.6. The van der Waals surface area contributed by atoms with Crippen LogP contribution >= 0.6 is 0 Å². The second-order valence-electron chi connectivity index (χ2n) is 10.3. The lowest BCUT2D eigenvalue weighted by molar-refractivity contribution is -0.384. The summed E-state index contributed by atoms with van der Waals surface area (Å²) in [5.74, 6) is -3.84. The SMILES string of the molecule is COC(=O)C1C(C)=NC(C)=C(C(=O)N[C@@H](Cc2ccccc2)C(=O)OC(C)(C)C)[C@H]1c1cccc([N+](=O)[O-])c1. The van der Waals surface area contributed by atoms with Crippen LogP contribution in [-0.4, -0.2) is 47.2 Å². The zero-order chi connectivity index (χ0) is 28.9. The van der Waals surface area contributed by atoms with Crippen LogP contribution in [0.3, 0.4) is 0 Å². The number of ether oxygens (including phenoxy) is 2. The molecular formula is C29H33N3O7. The molecular weight excluding hydrogens is 502 g/mol. The fourth-order valence-corrected chi connectivity index (χ4v) is 4.61. The second kappa shape index (κ2) is 12.0. The number of hydrogen-bond acceptors (Lipinski definition) is 8. The number of nitro groups is 1. The van der Waals surface area contributed by atoms with E-state index < -0.39 is 46.2 Å². The number of allylic oxidation sites excluding steroid dienone is 1. The molecule has 10 heteroatoms. The summed E-state index contributed by atoms with van der Waals surface area (Å²) in [7, 11) is 1.23. The molecule has 39 heavy (non-hydrogen) atoms. The van der Waals surface area contributed by atoms with Crippen LogP contribution in [0.25, 0.3) is 0 Å². The number of nitrogens with one attached hydrogen (secondary N) is 1. The lowest BCUT2D eigenvalue weighted by Crippen LogP contribution is -2.48. The van der Waals surface area contributed by atoms with Gasteiger partial charge < -0.3 is 14.8 Å². The summed E-state index contributed by atoms with van der Waals surface area (Å²) in [5.41, 5.74) is 1.03. The van der Waals surface area contributed by atoms with Crippen molar-refractivity contribution in [2.24, 2.45) is 10.9 Å². The Morgan fingerprint density at radius 3 is 2.33 bits per heavy atom. The average molecular weight is 536 g/mol. The summed E-state index contributed by atoms with van der Waals surface area (Å²) in [5, 5.41) is 14.3. The Labute approximate surface area is 227 Å². The van der Waals surface area contributed by atoms with Gasteiger partial charge in [0, 0.05) is 41.5 Å². The smallest absolute Gasteiger partial charge is 0.329 e. The second-order valence-corrected chi connectivity index (χ2v) is 10.3. The van der Waals surface area contributed by atoms with Crippen molar-refractivity contribution in [2.75, 3.05) is 7.11 Å². The summed E-state index contributed by atoms with van der Waals surface area (Å²) in [6.07, 6.45) is 0.165. The predicted octanol–water partition coefficient (Wildman–Crippen LogP) is 4.29. The molecule has 0 saturated carbocycles. The topological polar surface area (TPSA) is 137 Å². The molecule has 1 heterocycles. The Morgan fingerprint density at radius 2 is 1.74 bits per heavy atom. The number of nitro benzene ring substituents is 1. The lowest BCUT2D eigenvalue weighted by atomic mass is 9.75. The zero-order valence-corrected chi connectivity index (χ0v) is 22.9. The summed E-state index contributed by atoms with van der Waals surface area (Å²) in [6, 6.07) is 13.9. The standard InChI is InChI=1S/C29H33N3O7/c1-17-23(26(33)31-22(27(34)39-29(3,4)5)15-19-11-8-7-9-12-19)25(24(18(2)30-17)28(35)38-6)20-13-10-14-21(16-20)32(36)37/h7-14,16,22,24-25H,15H2,1-6H3,(H,31,33)/t22-,24?,25+/m0/s1. The van der Waals surface area contributed by atoms with Gasteiger partial charge in [0.15, 0.2) is 0 Å². The molecule has 0 spiro atoms. The molecule has 3 atom stereocenters. The number of esters is 2. The van der Waals surface area contributed by atoms with E-state index in [9.17, 15) is 24.5 Å². The third kappa shape index (κ3) is 7.16. The van der Waals surface area contributed by atoms with Gasteiger partial charge in [-0.05, 0) is 45.7 Å². The summed E-state index contributed by atoms with van der Waals surface area (Å²) >= 11 is 0. The van der Waals surface area contributed by atoms with Gasteiger partial charge in [0.1, 0.15) is 17.6 Å². The van der Waals surface area contributed by atoms with Crippen LogP contribution in [0, 0.1) is 16.0 Å². The van der Waals surface area contributed by atoms with Gasteiger partial charge in [-0.2, -0.15) is 0 Å². The highest BCUT2D eigenvalue weighted by Gasteiger charge is 2.43. The van der Waals surface area contributed by atoms with E-state index in [4.69, 9.17) is 9.47 Å².